The standard InChI is InChI=1S/C18H22N2O3/c1-2-18(16(22)23,14-8-4-3-5-9-14)13-20-15(21)17(12-19)10-6-7-11-17/h3-5,8-9H,2,6-7,10-11,13H2,1H3,(H,20,21)(H,22,23). The van der Waals surface area contributed by atoms with Crippen molar-refractivity contribution in [3.63, 3.8) is 0 Å². The normalized spacial score (nSPS) is 18.6. The van der Waals surface area contributed by atoms with Crippen LogP contribution in [0.2, 0.25) is 0 Å². The number of carboxylic acid groups (broad SMARTS) is 1. The summed E-state index contributed by atoms with van der Waals surface area (Å²) in [6, 6.07) is 11.1. The summed E-state index contributed by atoms with van der Waals surface area (Å²) in [7, 11) is 0. The minimum Gasteiger partial charge on any atom is -0.481 e. The van der Waals surface area contributed by atoms with E-state index in [0.29, 0.717) is 24.8 Å². The molecule has 2 rings (SSSR count). The second-order valence-corrected chi connectivity index (χ2v) is 6.19. The van der Waals surface area contributed by atoms with Crippen LogP contribution in [0, 0.1) is 16.7 Å². The van der Waals surface area contributed by atoms with Crippen LogP contribution >= 0.6 is 0 Å². The lowest BCUT2D eigenvalue weighted by Crippen LogP contribution is -2.49. The molecule has 5 heteroatoms. The van der Waals surface area contributed by atoms with Gasteiger partial charge in [0, 0.05) is 6.54 Å². The maximum atomic E-state index is 12.5. The molecule has 0 aromatic heterocycles. The van der Waals surface area contributed by atoms with E-state index >= 15 is 0 Å². The van der Waals surface area contributed by atoms with Crippen LogP contribution in [0.5, 0.6) is 0 Å². The predicted molar refractivity (Wildman–Crippen MR) is 85.6 cm³/mol. The molecule has 1 saturated carbocycles. The van der Waals surface area contributed by atoms with Crippen LogP contribution in [0.4, 0.5) is 0 Å². The molecule has 1 unspecified atom stereocenters. The summed E-state index contributed by atoms with van der Waals surface area (Å²) in [6.45, 7) is 1.79. The highest BCUT2D eigenvalue weighted by atomic mass is 16.4. The molecular weight excluding hydrogens is 292 g/mol. The fourth-order valence-electron chi connectivity index (χ4n) is 3.31. The first-order valence-electron chi connectivity index (χ1n) is 7.99. The fraction of sp³-hybridized carbons (Fsp3) is 0.500. The summed E-state index contributed by atoms with van der Waals surface area (Å²) in [6.07, 6.45) is 3.17. The van der Waals surface area contributed by atoms with Gasteiger partial charge in [0.2, 0.25) is 5.91 Å². The Bertz CT molecular complexity index is 615. The molecule has 122 valence electrons. The monoisotopic (exact) mass is 314 g/mol. The second kappa shape index (κ2) is 6.82. The molecule has 0 radical (unpaired) electrons. The van der Waals surface area contributed by atoms with Crippen LogP contribution in [0.1, 0.15) is 44.6 Å². The topological polar surface area (TPSA) is 90.2 Å². The van der Waals surface area contributed by atoms with Gasteiger partial charge in [-0.25, -0.2) is 0 Å². The van der Waals surface area contributed by atoms with Gasteiger partial charge in [0.05, 0.1) is 6.07 Å². The number of carbonyl (C=O) groups is 2. The van der Waals surface area contributed by atoms with Crippen LogP contribution in [0.3, 0.4) is 0 Å². The molecule has 0 saturated heterocycles. The van der Waals surface area contributed by atoms with Crippen LogP contribution in [0.15, 0.2) is 30.3 Å². The van der Waals surface area contributed by atoms with Gasteiger partial charge >= 0.3 is 5.97 Å². The highest BCUT2D eigenvalue weighted by Gasteiger charge is 2.44. The quantitative estimate of drug-likeness (QED) is 0.844. The van der Waals surface area contributed by atoms with Crippen molar-refractivity contribution in [2.75, 3.05) is 6.54 Å². The third-order valence-electron chi connectivity index (χ3n) is 5.00. The molecule has 1 aliphatic rings. The van der Waals surface area contributed by atoms with E-state index in [1.54, 1.807) is 31.2 Å². The maximum Gasteiger partial charge on any atom is 0.315 e. The van der Waals surface area contributed by atoms with Crippen molar-refractivity contribution in [1.82, 2.24) is 5.32 Å². The van der Waals surface area contributed by atoms with Crippen molar-refractivity contribution in [3.05, 3.63) is 35.9 Å². The number of nitriles is 1. The Kier molecular flexibility index (Phi) is 5.05. The van der Waals surface area contributed by atoms with Gasteiger partial charge < -0.3 is 10.4 Å². The highest BCUT2D eigenvalue weighted by Crippen LogP contribution is 2.38. The lowest BCUT2D eigenvalue weighted by molar-refractivity contribution is -0.144. The molecule has 0 heterocycles. The Hall–Kier alpha value is -2.35. The Morgan fingerprint density at radius 3 is 2.39 bits per heavy atom. The zero-order chi connectivity index (χ0) is 16.9. The smallest absolute Gasteiger partial charge is 0.315 e. The van der Waals surface area contributed by atoms with Gasteiger partial charge in [-0.2, -0.15) is 5.26 Å². The number of hydrogen-bond acceptors (Lipinski definition) is 3. The first-order chi connectivity index (χ1) is 11.0. The highest BCUT2D eigenvalue weighted by molar-refractivity contribution is 5.87. The molecule has 0 aliphatic heterocycles. The first-order valence-corrected chi connectivity index (χ1v) is 7.99. The van der Waals surface area contributed by atoms with Crippen molar-refractivity contribution in [2.24, 2.45) is 5.41 Å². The SMILES string of the molecule is CCC(CNC(=O)C1(C#N)CCCC1)(C(=O)O)c1ccccc1. The van der Waals surface area contributed by atoms with Crippen molar-refractivity contribution in [2.45, 2.75) is 44.4 Å². The van der Waals surface area contributed by atoms with E-state index in [-0.39, 0.29) is 12.5 Å². The summed E-state index contributed by atoms with van der Waals surface area (Å²) in [5.74, 6) is -1.31. The van der Waals surface area contributed by atoms with Crippen LogP contribution in [-0.2, 0) is 15.0 Å². The minimum absolute atomic E-state index is 0.00882. The average molecular weight is 314 g/mol. The Morgan fingerprint density at radius 1 is 1.30 bits per heavy atom. The summed E-state index contributed by atoms with van der Waals surface area (Å²) in [5.41, 5.74) is -1.51. The number of carboxylic acids is 1. The molecule has 1 aliphatic carbocycles. The lowest BCUT2D eigenvalue weighted by atomic mass is 9.77. The van der Waals surface area contributed by atoms with Gasteiger partial charge in [0.25, 0.3) is 0 Å². The molecule has 23 heavy (non-hydrogen) atoms. The minimum atomic E-state index is -1.17. The molecule has 1 amide bonds. The third-order valence-corrected chi connectivity index (χ3v) is 5.00. The van der Waals surface area contributed by atoms with E-state index in [0.717, 1.165) is 12.8 Å². The molecule has 1 atom stereocenters. The van der Waals surface area contributed by atoms with Crippen molar-refractivity contribution < 1.29 is 14.7 Å². The molecule has 1 aromatic rings. The summed E-state index contributed by atoms with van der Waals surface area (Å²) in [5, 5.41) is 21.9. The van der Waals surface area contributed by atoms with E-state index in [2.05, 4.69) is 11.4 Å². The van der Waals surface area contributed by atoms with Crippen LogP contribution in [0.25, 0.3) is 0 Å². The average Bonchev–Trinajstić information content (AvgIpc) is 3.06. The van der Waals surface area contributed by atoms with E-state index in [4.69, 9.17) is 0 Å². The largest absolute Gasteiger partial charge is 0.481 e. The molecule has 2 N–H and O–H groups in total. The molecule has 0 spiro atoms. The second-order valence-electron chi connectivity index (χ2n) is 6.19. The summed E-state index contributed by atoms with van der Waals surface area (Å²) in [4.78, 5) is 24.4. The number of rotatable bonds is 6. The number of hydrogen-bond donors (Lipinski definition) is 2. The Morgan fingerprint density at radius 2 is 1.91 bits per heavy atom. The summed E-state index contributed by atoms with van der Waals surface area (Å²) >= 11 is 0. The van der Waals surface area contributed by atoms with Crippen LogP contribution < -0.4 is 5.32 Å². The Balaban J connectivity index is 2.22. The molecule has 1 aromatic carbocycles. The number of nitrogens with one attached hydrogen (secondary N) is 1. The molecule has 1 fully saturated rings. The third kappa shape index (κ3) is 3.07. The number of benzene rings is 1. The van der Waals surface area contributed by atoms with E-state index in [1.165, 1.54) is 0 Å². The van der Waals surface area contributed by atoms with Crippen molar-refractivity contribution in [3.8, 4) is 6.07 Å². The van der Waals surface area contributed by atoms with Gasteiger partial charge in [-0.05, 0) is 24.8 Å². The number of carbonyl (C=O) groups excluding carboxylic acids is 1. The number of nitrogens with zero attached hydrogens (tertiary/aromatic N) is 1. The zero-order valence-electron chi connectivity index (χ0n) is 13.3. The molecular formula is C18H22N2O3. The zero-order valence-corrected chi connectivity index (χ0v) is 13.3. The van der Waals surface area contributed by atoms with E-state index in [9.17, 15) is 20.0 Å². The van der Waals surface area contributed by atoms with E-state index in [1.807, 2.05) is 6.07 Å². The fourth-order valence-corrected chi connectivity index (χ4v) is 3.31. The van der Waals surface area contributed by atoms with Gasteiger partial charge in [-0.15, -0.1) is 0 Å². The maximum absolute atomic E-state index is 12.5. The van der Waals surface area contributed by atoms with Gasteiger partial charge in [0.1, 0.15) is 10.8 Å². The molecule has 0 bridgehead atoms. The number of amides is 1. The van der Waals surface area contributed by atoms with Gasteiger partial charge in [-0.1, -0.05) is 50.1 Å². The van der Waals surface area contributed by atoms with E-state index < -0.39 is 16.8 Å². The van der Waals surface area contributed by atoms with Crippen LogP contribution in [-0.4, -0.2) is 23.5 Å². The number of aliphatic carboxylic acids is 1. The first kappa shape index (κ1) is 17.0. The van der Waals surface area contributed by atoms with Gasteiger partial charge in [0.15, 0.2) is 0 Å². The predicted octanol–water partition coefficient (Wildman–Crippen LogP) is 2.62. The summed E-state index contributed by atoms with van der Waals surface area (Å²) < 4.78 is 0. The van der Waals surface area contributed by atoms with Crippen molar-refractivity contribution >= 4 is 11.9 Å². The van der Waals surface area contributed by atoms with Crippen molar-refractivity contribution in [1.29, 1.82) is 5.26 Å². The lowest BCUT2D eigenvalue weighted by Gasteiger charge is -2.30. The molecule has 5 nitrogen and oxygen atoms in total. The van der Waals surface area contributed by atoms with Gasteiger partial charge in [-0.3, -0.25) is 9.59 Å². The Labute approximate surface area is 136 Å².